The molecule has 0 amide bonds. The van der Waals surface area contributed by atoms with Gasteiger partial charge in [0.2, 0.25) is 0 Å². The zero-order valence-electron chi connectivity index (χ0n) is 14.5. The number of pyridine rings is 1. The molecule has 1 fully saturated rings. The van der Waals surface area contributed by atoms with E-state index in [1.165, 1.54) is 12.1 Å². The largest absolute Gasteiger partial charge is 0.416 e. The van der Waals surface area contributed by atoms with Gasteiger partial charge in [-0.15, -0.1) is 0 Å². The minimum Gasteiger partial charge on any atom is -0.315 e. The minimum atomic E-state index is -4.41. The lowest BCUT2D eigenvalue weighted by atomic mass is 9.96. The number of aryl methyl sites for hydroxylation is 1. The van der Waals surface area contributed by atoms with Crippen LogP contribution in [-0.2, 0) is 6.18 Å². The van der Waals surface area contributed by atoms with Crippen LogP contribution >= 0.6 is 11.6 Å². The molecule has 26 heavy (non-hydrogen) atoms. The molecule has 1 unspecified atom stereocenters. The third-order valence-electron chi connectivity index (χ3n) is 4.67. The first kappa shape index (κ1) is 19.1. The maximum atomic E-state index is 13.3. The Labute approximate surface area is 156 Å². The van der Waals surface area contributed by atoms with Crippen molar-refractivity contribution < 1.29 is 13.2 Å². The molecule has 1 saturated heterocycles. The number of alkyl halides is 3. The molecule has 1 atom stereocenters. The van der Waals surface area contributed by atoms with Crippen LogP contribution in [0.1, 0.15) is 34.8 Å². The summed E-state index contributed by atoms with van der Waals surface area (Å²) >= 11 is 6.37. The molecular formula is C19H21ClF3N3. The summed E-state index contributed by atoms with van der Waals surface area (Å²) in [5, 5.41) is 3.65. The van der Waals surface area contributed by atoms with Gasteiger partial charge in [-0.05, 0) is 55.3 Å². The molecule has 0 bridgehead atoms. The second kappa shape index (κ2) is 7.94. The predicted molar refractivity (Wildman–Crippen MR) is 96.3 cm³/mol. The lowest BCUT2D eigenvalue weighted by molar-refractivity contribution is -0.137. The number of hydrogen-bond acceptors (Lipinski definition) is 3. The van der Waals surface area contributed by atoms with E-state index in [0.29, 0.717) is 17.1 Å². The van der Waals surface area contributed by atoms with E-state index in [4.69, 9.17) is 11.6 Å². The van der Waals surface area contributed by atoms with Crippen LogP contribution in [0, 0.1) is 6.92 Å². The molecule has 3 rings (SSSR count). The van der Waals surface area contributed by atoms with Gasteiger partial charge in [0.1, 0.15) is 0 Å². The lowest BCUT2D eigenvalue weighted by Gasteiger charge is -2.32. The Morgan fingerprint density at radius 1 is 1.19 bits per heavy atom. The lowest BCUT2D eigenvalue weighted by Crippen LogP contribution is -2.34. The first-order valence-electron chi connectivity index (χ1n) is 8.61. The van der Waals surface area contributed by atoms with Crippen LogP contribution in [0.5, 0.6) is 0 Å². The van der Waals surface area contributed by atoms with Crippen molar-refractivity contribution in [3.05, 3.63) is 63.9 Å². The van der Waals surface area contributed by atoms with Crippen LogP contribution < -0.4 is 5.32 Å². The van der Waals surface area contributed by atoms with E-state index >= 15 is 0 Å². The fraction of sp³-hybridized carbons (Fsp3) is 0.421. The highest BCUT2D eigenvalue weighted by Gasteiger charge is 2.34. The third-order valence-corrected chi connectivity index (χ3v) is 5.01. The average molecular weight is 384 g/mol. The molecule has 0 saturated carbocycles. The molecule has 1 N–H and O–H groups in total. The molecule has 1 aromatic carbocycles. The number of nitrogens with zero attached hydrogens (tertiary/aromatic N) is 2. The summed E-state index contributed by atoms with van der Waals surface area (Å²) in [6.07, 6.45) is -1.82. The first-order valence-corrected chi connectivity index (χ1v) is 8.98. The maximum absolute atomic E-state index is 13.3. The van der Waals surface area contributed by atoms with Crippen molar-refractivity contribution in [2.45, 2.75) is 25.6 Å². The molecule has 7 heteroatoms. The Balaban J connectivity index is 2.13. The van der Waals surface area contributed by atoms with Crippen LogP contribution in [-0.4, -0.2) is 36.1 Å². The van der Waals surface area contributed by atoms with Gasteiger partial charge in [0.05, 0.1) is 17.3 Å². The highest BCUT2D eigenvalue weighted by atomic mass is 35.5. The smallest absolute Gasteiger partial charge is 0.315 e. The third kappa shape index (κ3) is 4.19. The zero-order chi connectivity index (χ0) is 18.7. The van der Waals surface area contributed by atoms with Crippen LogP contribution in [0.3, 0.4) is 0 Å². The number of rotatable bonds is 3. The van der Waals surface area contributed by atoms with Crippen molar-refractivity contribution >= 4 is 11.6 Å². The van der Waals surface area contributed by atoms with E-state index in [9.17, 15) is 13.2 Å². The summed E-state index contributed by atoms with van der Waals surface area (Å²) in [6, 6.07) is 6.87. The summed E-state index contributed by atoms with van der Waals surface area (Å²) in [6.45, 7) is 5.07. The van der Waals surface area contributed by atoms with Crippen LogP contribution in [0.2, 0.25) is 5.02 Å². The highest BCUT2D eigenvalue weighted by Crippen LogP contribution is 2.38. The molecule has 0 spiro atoms. The molecule has 140 valence electrons. The fourth-order valence-corrected chi connectivity index (χ4v) is 3.58. The van der Waals surface area contributed by atoms with Crippen molar-refractivity contribution in [1.29, 1.82) is 0 Å². The van der Waals surface area contributed by atoms with Gasteiger partial charge in [0.15, 0.2) is 0 Å². The van der Waals surface area contributed by atoms with Gasteiger partial charge in [-0.1, -0.05) is 17.7 Å². The Morgan fingerprint density at radius 2 is 2.00 bits per heavy atom. The summed E-state index contributed by atoms with van der Waals surface area (Å²) < 4.78 is 39.8. The van der Waals surface area contributed by atoms with Gasteiger partial charge in [-0.2, -0.15) is 13.2 Å². The first-order chi connectivity index (χ1) is 12.4. The second-order valence-corrected chi connectivity index (χ2v) is 6.89. The summed E-state index contributed by atoms with van der Waals surface area (Å²) in [5.74, 6) is 0. The van der Waals surface area contributed by atoms with Gasteiger partial charge in [-0.3, -0.25) is 9.88 Å². The topological polar surface area (TPSA) is 28.2 Å². The molecule has 0 aliphatic carbocycles. The van der Waals surface area contributed by atoms with Crippen LogP contribution in [0.25, 0.3) is 0 Å². The minimum absolute atomic E-state index is 0.324. The van der Waals surface area contributed by atoms with E-state index in [0.717, 1.165) is 43.4 Å². The molecule has 1 aromatic heterocycles. The Hall–Kier alpha value is -1.63. The van der Waals surface area contributed by atoms with Gasteiger partial charge in [-0.25, -0.2) is 0 Å². The Morgan fingerprint density at radius 3 is 2.73 bits per heavy atom. The van der Waals surface area contributed by atoms with Crippen molar-refractivity contribution in [3.8, 4) is 0 Å². The SMILES string of the molecule is Cc1cccnc1C(c1cc(C(F)(F)F)ccc1Cl)N1CCCNCC1. The molecular weight excluding hydrogens is 363 g/mol. The monoisotopic (exact) mass is 383 g/mol. The molecule has 0 radical (unpaired) electrons. The van der Waals surface area contributed by atoms with Gasteiger partial charge < -0.3 is 5.32 Å². The van der Waals surface area contributed by atoms with Crippen molar-refractivity contribution in [3.63, 3.8) is 0 Å². The number of hydrogen-bond donors (Lipinski definition) is 1. The van der Waals surface area contributed by atoms with E-state index in [1.807, 2.05) is 19.1 Å². The normalized spacial score (nSPS) is 17.7. The van der Waals surface area contributed by atoms with Crippen LogP contribution in [0.15, 0.2) is 36.5 Å². The number of halogens is 4. The maximum Gasteiger partial charge on any atom is 0.416 e. The van der Waals surface area contributed by atoms with E-state index < -0.39 is 17.8 Å². The fourth-order valence-electron chi connectivity index (χ4n) is 3.36. The van der Waals surface area contributed by atoms with E-state index in [1.54, 1.807) is 6.20 Å². The van der Waals surface area contributed by atoms with Crippen molar-refractivity contribution in [2.24, 2.45) is 0 Å². The van der Waals surface area contributed by atoms with Crippen molar-refractivity contribution in [1.82, 2.24) is 15.2 Å². The van der Waals surface area contributed by atoms with Crippen LogP contribution in [0.4, 0.5) is 13.2 Å². The Bertz CT molecular complexity index is 756. The molecule has 1 aliphatic heterocycles. The van der Waals surface area contributed by atoms with Gasteiger partial charge >= 0.3 is 6.18 Å². The second-order valence-electron chi connectivity index (χ2n) is 6.48. The number of aromatic nitrogens is 1. The summed E-state index contributed by atoms with van der Waals surface area (Å²) in [4.78, 5) is 6.66. The van der Waals surface area contributed by atoms with E-state index in [2.05, 4.69) is 15.2 Å². The summed E-state index contributed by atoms with van der Waals surface area (Å²) in [7, 11) is 0. The highest BCUT2D eigenvalue weighted by molar-refractivity contribution is 6.31. The molecule has 3 nitrogen and oxygen atoms in total. The summed E-state index contributed by atoms with van der Waals surface area (Å²) in [5.41, 5.74) is 1.44. The van der Waals surface area contributed by atoms with Gasteiger partial charge in [0.25, 0.3) is 0 Å². The zero-order valence-corrected chi connectivity index (χ0v) is 15.2. The molecule has 1 aliphatic rings. The quantitative estimate of drug-likeness (QED) is 0.848. The number of nitrogens with one attached hydrogen (secondary N) is 1. The Kier molecular flexibility index (Phi) is 5.85. The molecule has 2 heterocycles. The van der Waals surface area contributed by atoms with Crippen molar-refractivity contribution in [2.75, 3.05) is 26.2 Å². The predicted octanol–water partition coefficient (Wildman–Crippen LogP) is 4.45. The van der Waals surface area contributed by atoms with E-state index in [-0.39, 0.29) is 0 Å². The standard InChI is InChI=1S/C19H21ClF3N3/c1-13-4-2-8-25-17(13)18(26-10-3-7-24-9-11-26)15-12-14(19(21,22)23)5-6-16(15)20/h2,4-6,8,12,18,24H,3,7,9-11H2,1H3. The molecule has 2 aromatic rings. The number of benzene rings is 1. The van der Waals surface area contributed by atoms with Gasteiger partial charge in [0, 0.05) is 30.9 Å². The average Bonchev–Trinajstić information content (AvgIpc) is 2.87.